The van der Waals surface area contributed by atoms with Crippen molar-refractivity contribution in [2.24, 2.45) is 5.92 Å². The molecule has 0 N–H and O–H groups in total. The summed E-state index contributed by atoms with van der Waals surface area (Å²) in [5.74, 6) is 0.210. The van der Waals surface area contributed by atoms with E-state index in [4.69, 9.17) is 0 Å². The maximum atomic E-state index is 12.0. The highest BCUT2D eigenvalue weighted by atomic mass is 32.2. The molecule has 0 heterocycles. The maximum Gasteiger partial charge on any atom is 0.178 e. The molecule has 1 aromatic rings. The first-order chi connectivity index (χ1) is 7.56. The smallest absolute Gasteiger partial charge is 0.178 e. The first kappa shape index (κ1) is 13.2. The molecule has 16 heavy (non-hydrogen) atoms. The topological polar surface area (TPSA) is 34.1 Å². The van der Waals surface area contributed by atoms with E-state index in [2.05, 4.69) is 0 Å². The second-order valence-electron chi connectivity index (χ2n) is 4.00. The van der Waals surface area contributed by atoms with Crippen molar-refractivity contribution < 1.29 is 12.8 Å². The van der Waals surface area contributed by atoms with E-state index in [0.717, 1.165) is 0 Å². The summed E-state index contributed by atoms with van der Waals surface area (Å²) in [4.78, 5) is 0.349. The van der Waals surface area contributed by atoms with Gasteiger partial charge in [-0.3, -0.25) is 4.39 Å². The van der Waals surface area contributed by atoms with Gasteiger partial charge in [-0.2, -0.15) is 0 Å². The summed E-state index contributed by atoms with van der Waals surface area (Å²) in [5, 5.41) is 0. The highest BCUT2D eigenvalue weighted by Crippen LogP contribution is 2.15. The van der Waals surface area contributed by atoms with E-state index < -0.39 is 9.84 Å². The van der Waals surface area contributed by atoms with E-state index in [1.54, 1.807) is 30.3 Å². The Kier molecular flexibility index (Phi) is 4.93. The molecule has 0 aromatic heterocycles. The summed E-state index contributed by atoms with van der Waals surface area (Å²) in [6, 6.07) is 8.38. The Morgan fingerprint density at radius 3 is 2.38 bits per heavy atom. The monoisotopic (exact) mass is 244 g/mol. The largest absolute Gasteiger partial charge is 0.251 e. The SMILES string of the molecule is CC(CCF)CCS(=O)(=O)c1ccccc1. The molecule has 0 amide bonds. The van der Waals surface area contributed by atoms with Crippen molar-refractivity contribution in [1.82, 2.24) is 0 Å². The molecule has 2 nitrogen and oxygen atoms in total. The van der Waals surface area contributed by atoms with Crippen molar-refractivity contribution in [2.75, 3.05) is 12.4 Å². The molecule has 1 rings (SSSR count). The van der Waals surface area contributed by atoms with Crippen LogP contribution in [-0.4, -0.2) is 20.8 Å². The molecule has 0 spiro atoms. The Hall–Kier alpha value is -0.900. The van der Waals surface area contributed by atoms with Crippen LogP contribution in [0.2, 0.25) is 0 Å². The molecule has 0 saturated carbocycles. The summed E-state index contributed by atoms with van der Waals surface area (Å²) in [7, 11) is -3.20. The lowest BCUT2D eigenvalue weighted by Gasteiger charge is -2.09. The van der Waals surface area contributed by atoms with E-state index in [-0.39, 0.29) is 18.3 Å². The van der Waals surface area contributed by atoms with Crippen molar-refractivity contribution in [3.8, 4) is 0 Å². The minimum Gasteiger partial charge on any atom is -0.251 e. The summed E-state index contributed by atoms with van der Waals surface area (Å²) in [6.07, 6.45) is 0.950. The molecular formula is C12H17FO2S. The zero-order chi connectivity index (χ0) is 12.0. The number of rotatable bonds is 6. The molecule has 1 aromatic carbocycles. The third kappa shape index (κ3) is 3.93. The van der Waals surface area contributed by atoms with Crippen LogP contribution in [0.1, 0.15) is 19.8 Å². The van der Waals surface area contributed by atoms with Gasteiger partial charge in [0.1, 0.15) is 0 Å². The zero-order valence-corrected chi connectivity index (χ0v) is 10.2. The summed E-state index contributed by atoms with van der Waals surface area (Å²) >= 11 is 0. The van der Waals surface area contributed by atoms with Crippen molar-refractivity contribution in [3.05, 3.63) is 30.3 Å². The average Bonchev–Trinajstić information content (AvgIpc) is 2.28. The number of hydrogen-bond acceptors (Lipinski definition) is 2. The lowest BCUT2D eigenvalue weighted by atomic mass is 10.1. The molecular weight excluding hydrogens is 227 g/mol. The van der Waals surface area contributed by atoms with E-state index in [1.165, 1.54) is 0 Å². The molecule has 0 fully saturated rings. The van der Waals surface area contributed by atoms with E-state index in [1.807, 2.05) is 6.92 Å². The van der Waals surface area contributed by atoms with Crippen molar-refractivity contribution in [3.63, 3.8) is 0 Å². The van der Waals surface area contributed by atoms with Gasteiger partial charge < -0.3 is 0 Å². The molecule has 0 aliphatic rings. The summed E-state index contributed by atoms with van der Waals surface area (Å²) < 4.78 is 35.7. The second-order valence-corrected chi connectivity index (χ2v) is 6.11. The van der Waals surface area contributed by atoms with E-state index >= 15 is 0 Å². The average molecular weight is 244 g/mol. The molecule has 0 bridgehead atoms. The number of hydrogen-bond donors (Lipinski definition) is 0. The minimum atomic E-state index is -3.20. The first-order valence-electron chi connectivity index (χ1n) is 5.40. The Bertz CT molecular complexity index is 400. The Balaban J connectivity index is 2.60. The van der Waals surface area contributed by atoms with Crippen LogP contribution in [-0.2, 0) is 9.84 Å². The first-order valence-corrected chi connectivity index (χ1v) is 7.05. The minimum absolute atomic E-state index is 0.0954. The van der Waals surface area contributed by atoms with Gasteiger partial charge in [0, 0.05) is 0 Å². The normalized spacial score (nSPS) is 13.6. The van der Waals surface area contributed by atoms with Gasteiger partial charge in [0.15, 0.2) is 9.84 Å². The van der Waals surface area contributed by atoms with Crippen LogP contribution >= 0.6 is 0 Å². The van der Waals surface area contributed by atoms with Crippen molar-refractivity contribution in [1.29, 1.82) is 0 Å². The standard InChI is InChI=1S/C12H17FO2S/c1-11(7-9-13)8-10-16(14,15)12-5-3-2-4-6-12/h2-6,11H,7-10H2,1H3. The van der Waals surface area contributed by atoms with Crippen molar-refractivity contribution in [2.45, 2.75) is 24.7 Å². The fourth-order valence-electron chi connectivity index (χ4n) is 1.43. The van der Waals surface area contributed by atoms with Gasteiger partial charge >= 0.3 is 0 Å². The Morgan fingerprint density at radius 2 is 1.81 bits per heavy atom. The Morgan fingerprint density at radius 1 is 1.19 bits per heavy atom. The fourth-order valence-corrected chi connectivity index (χ4v) is 2.95. The van der Waals surface area contributed by atoms with Gasteiger partial charge in [-0.25, -0.2) is 8.42 Å². The van der Waals surface area contributed by atoms with Crippen molar-refractivity contribution >= 4 is 9.84 Å². The predicted octanol–water partition coefficient (Wildman–Crippen LogP) is 2.85. The third-order valence-electron chi connectivity index (χ3n) is 2.58. The number of alkyl halides is 1. The van der Waals surface area contributed by atoms with Crippen LogP contribution < -0.4 is 0 Å². The number of benzene rings is 1. The third-order valence-corrected chi connectivity index (χ3v) is 4.35. The van der Waals surface area contributed by atoms with Crippen LogP contribution in [0.4, 0.5) is 4.39 Å². The second kappa shape index (κ2) is 5.99. The van der Waals surface area contributed by atoms with Crippen LogP contribution in [0.3, 0.4) is 0 Å². The van der Waals surface area contributed by atoms with Crippen LogP contribution in [0.5, 0.6) is 0 Å². The summed E-state index contributed by atoms with van der Waals surface area (Å²) in [6.45, 7) is 1.49. The Labute approximate surface area is 96.4 Å². The highest BCUT2D eigenvalue weighted by molar-refractivity contribution is 7.91. The number of halogens is 1. The molecule has 90 valence electrons. The van der Waals surface area contributed by atoms with Gasteiger partial charge in [0.25, 0.3) is 0 Å². The quantitative estimate of drug-likeness (QED) is 0.771. The van der Waals surface area contributed by atoms with Gasteiger partial charge in [-0.1, -0.05) is 25.1 Å². The lowest BCUT2D eigenvalue weighted by molar-refractivity contribution is 0.397. The molecule has 1 atom stereocenters. The molecule has 0 aliphatic heterocycles. The van der Waals surface area contributed by atoms with E-state index in [9.17, 15) is 12.8 Å². The molecule has 0 aliphatic carbocycles. The zero-order valence-electron chi connectivity index (χ0n) is 9.40. The van der Waals surface area contributed by atoms with Crippen LogP contribution in [0.25, 0.3) is 0 Å². The molecule has 1 unspecified atom stereocenters. The summed E-state index contributed by atoms with van der Waals surface area (Å²) in [5.41, 5.74) is 0. The lowest BCUT2D eigenvalue weighted by Crippen LogP contribution is -2.10. The van der Waals surface area contributed by atoms with Gasteiger partial charge in [-0.05, 0) is 30.9 Å². The van der Waals surface area contributed by atoms with Gasteiger partial charge in [0.2, 0.25) is 0 Å². The molecule has 0 saturated heterocycles. The maximum absolute atomic E-state index is 12.0. The predicted molar refractivity (Wildman–Crippen MR) is 62.9 cm³/mol. The van der Waals surface area contributed by atoms with E-state index in [0.29, 0.717) is 17.7 Å². The van der Waals surface area contributed by atoms with Gasteiger partial charge in [0.05, 0.1) is 17.3 Å². The van der Waals surface area contributed by atoms with Gasteiger partial charge in [-0.15, -0.1) is 0 Å². The number of sulfone groups is 1. The molecule has 0 radical (unpaired) electrons. The fraction of sp³-hybridized carbons (Fsp3) is 0.500. The highest BCUT2D eigenvalue weighted by Gasteiger charge is 2.15. The van der Waals surface area contributed by atoms with Crippen LogP contribution in [0, 0.1) is 5.92 Å². The molecule has 4 heteroatoms. The van der Waals surface area contributed by atoms with Crippen LogP contribution in [0.15, 0.2) is 35.2 Å².